The van der Waals surface area contributed by atoms with Gasteiger partial charge in [-0.15, -0.1) is 0 Å². The Balaban J connectivity index is 2.48. The van der Waals surface area contributed by atoms with Gasteiger partial charge in [-0.05, 0) is 23.1 Å². The first-order valence-corrected chi connectivity index (χ1v) is 5.20. The molecule has 0 saturated heterocycles. The van der Waals surface area contributed by atoms with Gasteiger partial charge in [0.15, 0.2) is 0 Å². The predicted molar refractivity (Wildman–Crippen MR) is 60.8 cm³/mol. The lowest BCUT2D eigenvalue weighted by molar-refractivity contribution is 0.0959. The van der Waals surface area contributed by atoms with Crippen LogP contribution in [0.25, 0.3) is 0 Å². The third-order valence-electron chi connectivity index (χ3n) is 2.74. The monoisotopic (exact) mass is 201 g/mol. The fourth-order valence-electron chi connectivity index (χ4n) is 1.82. The van der Waals surface area contributed by atoms with Gasteiger partial charge in [0.25, 0.3) is 5.91 Å². The minimum Gasteiger partial charge on any atom is -0.326 e. The van der Waals surface area contributed by atoms with Crippen LogP contribution in [0.4, 0.5) is 0 Å². The highest BCUT2D eigenvalue weighted by Crippen LogP contribution is 2.23. The molecule has 1 aromatic carbocycles. The van der Waals surface area contributed by atoms with E-state index in [-0.39, 0.29) is 5.91 Å². The van der Waals surface area contributed by atoms with Crippen molar-refractivity contribution in [3.63, 3.8) is 0 Å². The van der Waals surface area contributed by atoms with Gasteiger partial charge in [-0.25, -0.2) is 0 Å². The van der Waals surface area contributed by atoms with Gasteiger partial charge in [-0.1, -0.05) is 32.6 Å². The summed E-state index contributed by atoms with van der Waals surface area (Å²) < 4.78 is 0. The van der Waals surface area contributed by atoms with E-state index < -0.39 is 0 Å². The van der Waals surface area contributed by atoms with E-state index in [1.807, 2.05) is 12.1 Å². The number of allylic oxidation sites excluding steroid dienone is 1. The van der Waals surface area contributed by atoms with Crippen LogP contribution in [-0.2, 0) is 6.42 Å². The molecule has 0 spiro atoms. The van der Waals surface area contributed by atoms with Gasteiger partial charge in [-0.2, -0.15) is 0 Å². The Kier molecular flexibility index (Phi) is 2.35. The largest absolute Gasteiger partial charge is 0.326 e. The van der Waals surface area contributed by atoms with Crippen LogP contribution in [0.3, 0.4) is 0 Å². The van der Waals surface area contributed by atoms with Crippen molar-refractivity contribution in [2.75, 3.05) is 0 Å². The van der Waals surface area contributed by atoms with E-state index >= 15 is 0 Å². The van der Waals surface area contributed by atoms with Crippen molar-refractivity contribution in [3.05, 3.63) is 47.2 Å². The summed E-state index contributed by atoms with van der Waals surface area (Å²) >= 11 is 0. The van der Waals surface area contributed by atoms with Crippen LogP contribution < -0.4 is 5.32 Å². The third kappa shape index (κ3) is 1.80. The summed E-state index contributed by atoms with van der Waals surface area (Å²) in [5.41, 5.74) is 3.86. The Bertz CT molecular complexity index is 432. The molecular formula is C13H15NO. The normalized spacial score (nSPS) is 15.1. The van der Waals surface area contributed by atoms with E-state index in [0.29, 0.717) is 5.92 Å². The molecule has 0 fully saturated rings. The van der Waals surface area contributed by atoms with E-state index in [1.165, 1.54) is 5.56 Å². The maximum atomic E-state index is 11.7. The summed E-state index contributed by atoms with van der Waals surface area (Å²) in [6.45, 7) is 8.04. The van der Waals surface area contributed by atoms with Crippen LogP contribution in [0.15, 0.2) is 30.5 Å². The van der Waals surface area contributed by atoms with Gasteiger partial charge in [0, 0.05) is 17.7 Å². The van der Waals surface area contributed by atoms with Crippen molar-refractivity contribution >= 4 is 5.91 Å². The van der Waals surface area contributed by atoms with E-state index in [9.17, 15) is 4.79 Å². The molecular weight excluding hydrogens is 186 g/mol. The lowest BCUT2D eigenvalue weighted by atomic mass is 9.93. The van der Waals surface area contributed by atoms with Crippen LogP contribution in [-0.4, -0.2) is 5.91 Å². The number of carbonyl (C=O) groups excluding carboxylic acids is 1. The average Bonchev–Trinajstić information content (AvgIpc) is 2.16. The zero-order chi connectivity index (χ0) is 11.0. The fourth-order valence-corrected chi connectivity index (χ4v) is 1.82. The molecule has 0 atom stereocenters. The molecule has 1 N–H and O–H groups in total. The molecule has 78 valence electrons. The quantitative estimate of drug-likeness (QED) is 0.743. The number of rotatable bonds is 1. The molecule has 1 amide bonds. The molecule has 1 aliphatic heterocycles. The molecule has 0 bridgehead atoms. The molecule has 2 nitrogen and oxygen atoms in total. The zero-order valence-electron chi connectivity index (χ0n) is 9.13. The number of hydrogen-bond donors (Lipinski definition) is 1. The summed E-state index contributed by atoms with van der Waals surface area (Å²) in [4.78, 5) is 11.7. The van der Waals surface area contributed by atoms with Crippen LogP contribution in [0, 0.1) is 0 Å². The number of hydrogen-bond acceptors (Lipinski definition) is 1. The van der Waals surface area contributed by atoms with Crippen LogP contribution in [0.5, 0.6) is 0 Å². The first kappa shape index (κ1) is 9.97. The number of carbonyl (C=O) groups is 1. The molecule has 1 heterocycles. The fraction of sp³-hybridized carbons (Fsp3) is 0.308. The van der Waals surface area contributed by atoms with E-state index in [0.717, 1.165) is 23.2 Å². The number of nitrogens with one attached hydrogen (secondary N) is 1. The second kappa shape index (κ2) is 3.54. The first-order valence-electron chi connectivity index (χ1n) is 5.20. The van der Waals surface area contributed by atoms with Gasteiger partial charge >= 0.3 is 0 Å². The van der Waals surface area contributed by atoms with Gasteiger partial charge in [0.2, 0.25) is 0 Å². The number of benzene rings is 1. The first-order chi connectivity index (χ1) is 7.08. The highest BCUT2D eigenvalue weighted by molar-refractivity contribution is 5.98. The highest BCUT2D eigenvalue weighted by atomic mass is 16.1. The lowest BCUT2D eigenvalue weighted by Gasteiger charge is -2.19. The van der Waals surface area contributed by atoms with Crippen LogP contribution in [0.2, 0.25) is 0 Å². The molecule has 0 unspecified atom stereocenters. The molecule has 1 aromatic rings. The number of fused-ring (bicyclic) bond motifs is 1. The minimum absolute atomic E-state index is 0.0243. The molecule has 2 rings (SSSR count). The van der Waals surface area contributed by atoms with Gasteiger partial charge in [-0.3, -0.25) is 4.79 Å². The maximum absolute atomic E-state index is 11.7. The van der Waals surface area contributed by atoms with Crippen molar-refractivity contribution in [3.8, 4) is 0 Å². The second-order valence-electron chi connectivity index (χ2n) is 4.31. The van der Waals surface area contributed by atoms with Crippen molar-refractivity contribution in [2.24, 2.45) is 0 Å². The Morgan fingerprint density at radius 2 is 2.13 bits per heavy atom. The van der Waals surface area contributed by atoms with Gasteiger partial charge in [0.05, 0.1) is 0 Å². The van der Waals surface area contributed by atoms with Gasteiger partial charge in [0.1, 0.15) is 0 Å². The highest BCUT2D eigenvalue weighted by Gasteiger charge is 2.19. The standard InChI is InChI=1S/C13H15NO/c1-8(2)10-4-5-11-6-9(3)14-13(15)12(11)7-10/h4-5,7-8H,3,6H2,1-2H3,(H,14,15). The lowest BCUT2D eigenvalue weighted by Crippen LogP contribution is -2.29. The Labute approximate surface area is 90.0 Å². The Hall–Kier alpha value is -1.57. The van der Waals surface area contributed by atoms with E-state index in [4.69, 9.17) is 0 Å². The number of amides is 1. The van der Waals surface area contributed by atoms with E-state index in [2.05, 4.69) is 31.8 Å². The van der Waals surface area contributed by atoms with Crippen molar-refractivity contribution < 1.29 is 4.79 Å². The van der Waals surface area contributed by atoms with E-state index in [1.54, 1.807) is 0 Å². The minimum atomic E-state index is -0.0243. The molecule has 2 heteroatoms. The topological polar surface area (TPSA) is 29.1 Å². The Morgan fingerprint density at radius 3 is 2.80 bits per heavy atom. The molecule has 15 heavy (non-hydrogen) atoms. The summed E-state index contributed by atoms with van der Waals surface area (Å²) in [7, 11) is 0. The zero-order valence-corrected chi connectivity index (χ0v) is 9.13. The van der Waals surface area contributed by atoms with Crippen molar-refractivity contribution in [1.29, 1.82) is 0 Å². The smallest absolute Gasteiger partial charge is 0.255 e. The molecule has 0 aromatic heterocycles. The summed E-state index contributed by atoms with van der Waals surface area (Å²) in [6.07, 6.45) is 0.749. The molecule has 0 radical (unpaired) electrons. The molecule has 1 aliphatic rings. The van der Waals surface area contributed by atoms with Crippen molar-refractivity contribution in [1.82, 2.24) is 5.32 Å². The maximum Gasteiger partial charge on any atom is 0.255 e. The predicted octanol–water partition coefficient (Wildman–Crippen LogP) is 2.61. The van der Waals surface area contributed by atoms with Crippen LogP contribution >= 0.6 is 0 Å². The summed E-state index contributed by atoms with van der Waals surface area (Å²) in [5.74, 6) is 0.428. The third-order valence-corrected chi connectivity index (χ3v) is 2.74. The average molecular weight is 201 g/mol. The molecule has 0 saturated carbocycles. The SMILES string of the molecule is C=C1Cc2ccc(C(C)C)cc2C(=O)N1. The summed E-state index contributed by atoms with van der Waals surface area (Å²) in [5, 5.41) is 2.77. The van der Waals surface area contributed by atoms with Gasteiger partial charge < -0.3 is 5.32 Å². The summed E-state index contributed by atoms with van der Waals surface area (Å²) in [6, 6.07) is 6.12. The Morgan fingerprint density at radius 1 is 1.40 bits per heavy atom. The van der Waals surface area contributed by atoms with Crippen molar-refractivity contribution in [2.45, 2.75) is 26.2 Å². The van der Waals surface area contributed by atoms with Crippen LogP contribution in [0.1, 0.15) is 41.3 Å². The molecule has 0 aliphatic carbocycles. The second-order valence-corrected chi connectivity index (χ2v) is 4.31.